The van der Waals surface area contributed by atoms with E-state index in [1.54, 1.807) is 23.7 Å². The third kappa shape index (κ3) is 2.00. The molecule has 2 aromatic rings. The van der Waals surface area contributed by atoms with Crippen molar-refractivity contribution in [1.82, 2.24) is 9.55 Å². The molecule has 22 heavy (non-hydrogen) atoms. The van der Waals surface area contributed by atoms with Gasteiger partial charge in [-0.15, -0.1) is 0 Å². The van der Waals surface area contributed by atoms with Gasteiger partial charge in [0, 0.05) is 30.2 Å². The average Bonchev–Trinajstić information content (AvgIpc) is 3.08. The highest BCUT2D eigenvalue weighted by molar-refractivity contribution is 9.10. The number of nitrogens with zero attached hydrogens (tertiary/aromatic N) is 3. The van der Waals surface area contributed by atoms with Crippen LogP contribution in [-0.2, 0) is 7.05 Å². The van der Waals surface area contributed by atoms with Crippen molar-refractivity contribution in [2.24, 2.45) is 18.9 Å². The van der Waals surface area contributed by atoms with Crippen molar-refractivity contribution in [3.05, 3.63) is 32.5 Å². The number of Topliss-reactive ketones (excluding diaryl/α,β-unsaturated/α-hetero) is 1. The number of halogens is 1. The quantitative estimate of drug-likeness (QED) is 0.770. The highest BCUT2D eigenvalue weighted by Gasteiger charge is 2.46. The first-order valence-corrected chi connectivity index (χ1v) is 8.21. The number of aromatic nitrogens is 2. The summed E-state index contributed by atoms with van der Waals surface area (Å²) in [5.41, 5.74) is 0.895. The molecule has 5 nitrogen and oxygen atoms in total. The van der Waals surface area contributed by atoms with Crippen molar-refractivity contribution in [3.63, 3.8) is 0 Å². The van der Waals surface area contributed by atoms with Crippen LogP contribution in [0.2, 0.25) is 0 Å². The third-order valence-corrected chi connectivity index (χ3v) is 5.22. The highest BCUT2D eigenvalue weighted by atomic mass is 79.9. The summed E-state index contributed by atoms with van der Waals surface area (Å²) in [5, 5.41) is 0.482. The molecule has 0 N–H and O–H groups in total. The average molecular weight is 362 g/mol. The van der Waals surface area contributed by atoms with Crippen LogP contribution in [0.25, 0.3) is 10.9 Å². The lowest BCUT2D eigenvalue weighted by molar-refractivity contribution is 0.101. The fraction of sp³-hybridized carbons (Fsp3) is 0.438. The van der Waals surface area contributed by atoms with Crippen molar-refractivity contribution in [2.45, 2.75) is 13.3 Å². The van der Waals surface area contributed by atoms with Gasteiger partial charge in [-0.1, -0.05) is 15.9 Å². The van der Waals surface area contributed by atoms with Crippen LogP contribution in [0.5, 0.6) is 0 Å². The molecule has 114 valence electrons. The molecule has 1 aliphatic carbocycles. The lowest BCUT2D eigenvalue weighted by atomic mass is 10.1. The molecule has 6 heteroatoms. The summed E-state index contributed by atoms with van der Waals surface area (Å²) in [5.74, 6) is 2.10. The maximum Gasteiger partial charge on any atom is 0.262 e. The molecule has 0 amide bonds. The Morgan fingerprint density at radius 1 is 1.32 bits per heavy atom. The molecule has 1 saturated heterocycles. The lowest BCUT2D eigenvalue weighted by Crippen LogP contribution is -2.31. The number of fused-ring (bicyclic) bond motifs is 2. The highest BCUT2D eigenvalue weighted by Crippen LogP contribution is 2.45. The molecule has 1 aliphatic heterocycles. The molecule has 2 heterocycles. The van der Waals surface area contributed by atoms with Crippen molar-refractivity contribution in [1.29, 1.82) is 0 Å². The number of carbonyl (C=O) groups is 1. The molecule has 0 bridgehead atoms. The monoisotopic (exact) mass is 361 g/mol. The number of piperidine rings is 1. The van der Waals surface area contributed by atoms with Crippen LogP contribution in [0.15, 0.2) is 21.4 Å². The maximum absolute atomic E-state index is 12.7. The Kier molecular flexibility index (Phi) is 2.95. The minimum atomic E-state index is -0.107. The van der Waals surface area contributed by atoms with Crippen molar-refractivity contribution < 1.29 is 4.79 Å². The Morgan fingerprint density at radius 2 is 2.00 bits per heavy atom. The molecule has 2 fully saturated rings. The molecular weight excluding hydrogens is 346 g/mol. The zero-order valence-electron chi connectivity index (χ0n) is 12.5. The standard InChI is InChI=1S/C16H16BrN3O2/c1-8(21)12-4-11(17)5-13-14(12)18-16(19(2)15(13)22)20-6-9-3-10(9)7-20/h4-5,9-10H,3,6-7H2,1-2H3. The third-order valence-electron chi connectivity index (χ3n) is 4.76. The SMILES string of the molecule is CC(=O)c1cc(Br)cc2c(=O)n(C)c(N3CC4CC4C3)nc12. The molecule has 1 saturated carbocycles. The second-order valence-corrected chi connectivity index (χ2v) is 7.26. The van der Waals surface area contributed by atoms with Crippen molar-refractivity contribution in [3.8, 4) is 0 Å². The van der Waals surface area contributed by atoms with Gasteiger partial charge in [0.05, 0.1) is 10.9 Å². The Bertz CT molecular complexity index is 864. The van der Waals surface area contributed by atoms with Gasteiger partial charge in [0.2, 0.25) is 5.95 Å². The van der Waals surface area contributed by atoms with E-state index in [2.05, 4.69) is 25.8 Å². The fourth-order valence-electron chi connectivity index (χ4n) is 3.44. The Balaban J connectivity index is 1.97. The second kappa shape index (κ2) is 4.65. The minimum absolute atomic E-state index is 0.0812. The van der Waals surface area contributed by atoms with Crippen molar-refractivity contribution >= 4 is 38.6 Å². The van der Waals surface area contributed by atoms with Crippen LogP contribution < -0.4 is 10.5 Å². The smallest absolute Gasteiger partial charge is 0.262 e. The topological polar surface area (TPSA) is 55.2 Å². The Morgan fingerprint density at radius 3 is 2.64 bits per heavy atom. The van der Waals surface area contributed by atoms with Crippen LogP contribution in [0, 0.1) is 11.8 Å². The molecule has 2 aliphatic rings. The predicted octanol–water partition coefficient (Wildman–Crippen LogP) is 2.35. The summed E-state index contributed by atoms with van der Waals surface area (Å²) >= 11 is 3.37. The number of rotatable bonds is 2. The number of carbonyl (C=O) groups excluding carboxylic acids is 1. The summed E-state index contributed by atoms with van der Waals surface area (Å²) in [6.07, 6.45) is 1.30. The van der Waals surface area contributed by atoms with E-state index in [0.717, 1.165) is 29.4 Å². The van der Waals surface area contributed by atoms with Gasteiger partial charge in [-0.3, -0.25) is 14.2 Å². The molecule has 2 atom stereocenters. The molecular formula is C16H16BrN3O2. The molecule has 0 radical (unpaired) electrons. The van der Waals surface area contributed by atoms with E-state index in [1.807, 2.05) is 0 Å². The van der Waals surface area contributed by atoms with E-state index in [1.165, 1.54) is 13.3 Å². The van der Waals surface area contributed by atoms with E-state index in [4.69, 9.17) is 0 Å². The van der Waals surface area contributed by atoms with Crippen molar-refractivity contribution in [2.75, 3.05) is 18.0 Å². The number of hydrogen-bond acceptors (Lipinski definition) is 4. The number of hydrogen-bond donors (Lipinski definition) is 0. The van der Waals surface area contributed by atoms with Gasteiger partial charge in [-0.2, -0.15) is 0 Å². The van der Waals surface area contributed by atoms with E-state index >= 15 is 0 Å². The fourth-order valence-corrected chi connectivity index (χ4v) is 3.90. The number of ketones is 1. The number of benzene rings is 1. The molecule has 4 rings (SSSR count). The van der Waals surface area contributed by atoms with Crippen LogP contribution in [0.4, 0.5) is 5.95 Å². The first kappa shape index (κ1) is 13.9. The first-order chi connectivity index (χ1) is 10.5. The lowest BCUT2D eigenvalue weighted by Gasteiger charge is -2.22. The molecule has 0 spiro atoms. The van der Waals surface area contributed by atoms with Gasteiger partial charge in [-0.25, -0.2) is 4.98 Å². The molecule has 1 aromatic carbocycles. The van der Waals surface area contributed by atoms with Gasteiger partial charge in [0.1, 0.15) is 0 Å². The van der Waals surface area contributed by atoms with E-state index in [-0.39, 0.29) is 11.3 Å². The van der Waals surface area contributed by atoms with E-state index in [9.17, 15) is 9.59 Å². The number of anilines is 1. The summed E-state index contributed by atoms with van der Waals surface area (Å²) in [7, 11) is 1.75. The summed E-state index contributed by atoms with van der Waals surface area (Å²) in [6.45, 7) is 3.43. The maximum atomic E-state index is 12.7. The van der Waals surface area contributed by atoms with Crippen LogP contribution >= 0.6 is 15.9 Å². The zero-order chi connectivity index (χ0) is 15.6. The zero-order valence-corrected chi connectivity index (χ0v) is 14.1. The van der Waals surface area contributed by atoms with Crippen LogP contribution in [-0.4, -0.2) is 28.4 Å². The van der Waals surface area contributed by atoms with Gasteiger partial charge < -0.3 is 4.90 Å². The Hall–Kier alpha value is -1.69. The summed E-state index contributed by atoms with van der Waals surface area (Å²) in [4.78, 5) is 31.5. The van der Waals surface area contributed by atoms with Crippen LogP contribution in [0.1, 0.15) is 23.7 Å². The predicted molar refractivity (Wildman–Crippen MR) is 88.5 cm³/mol. The van der Waals surface area contributed by atoms with Crippen LogP contribution in [0.3, 0.4) is 0 Å². The van der Waals surface area contributed by atoms with E-state index < -0.39 is 0 Å². The Labute approximate surface area is 136 Å². The summed E-state index contributed by atoms with van der Waals surface area (Å²) in [6, 6.07) is 3.48. The second-order valence-electron chi connectivity index (χ2n) is 6.34. The van der Waals surface area contributed by atoms with E-state index in [0.29, 0.717) is 22.4 Å². The summed E-state index contributed by atoms with van der Waals surface area (Å²) < 4.78 is 2.32. The van der Waals surface area contributed by atoms with Gasteiger partial charge >= 0.3 is 0 Å². The largest absolute Gasteiger partial charge is 0.342 e. The van der Waals surface area contributed by atoms with Gasteiger partial charge in [0.15, 0.2) is 5.78 Å². The normalized spacial score (nSPS) is 23.0. The first-order valence-electron chi connectivity index (χ1n) is 7.42. The molecule has 1 aromatic heterocycles. The van der Waals surface area contributed by atoms with Gasteiger partial charge in [-0.05, 0) is 37.3 Å². The van der Waals surface area contributed by atoms with Gasteiger partial charge in [0.25, 0.3) is 5.56 Å². The minimum Gasteiger partial charge on any atom is -0.342 e. The molecule has 2 unspecified atom stereocenters.